The van der Waals surface area contributed by atoms with Crippen molar-refractivity contribution in [1.82, 2.24) is 0 Å². The zero-order valence-electron chi connectivity index (χ0n) is 11.4. The highest BCUT2D eigenvalue weighted by Gasteiger charge is 2.17. The molecule has 0 saturated heterocycles. The molecule has 3 nitrogen and oxygen atoms in total. The lowest BCUT2D eigenvalue weighted by atomic mass is 10.0. The summed E-state index contributed by atoms with van der Waals surface area (Å²) < 4.78 is 13.6. The van der Waals surface area contributed by atoms with E-state index in [1.807, 2.05) is 38.1 Å². The third-order valence-electron chi connectivity index (χ3n) is 3.25. The van der Waals surface area contributed by atoms with Crippen LogP contribution in [0.4, 0.5) is 10.1 Å². The Morgan fingerprint density at radius 1 is 1.20 bits per heavy atom. The molecule has 4 heteroatoms. The van der Waals surface area contributed by atoms with Crippen molar-refractivity contribution in [3.63, 3.8) is 0 Å². The summed E-state index contributed by atoms with van der Waals surface area (Å²) in [7, 11) is 0. The molecule has 1 atom stereocenters. The van der Waals surface area contributed by atoms with Crippen molar-refractivity contribution in [2.45, 2.75) is 19.9 Å². The molecule has 2 aromatic rings. The normalized spacial score (nSPS) is 11.9. The second-order valence-electron chi connectivity index (χ2n) is 4.69. The maximum atomic E-state index is 13.6. The molecule has 0 saturated carbocycles. The molecule has 2 N–H and O–H groups in total. The number of carboxylic acids is 1. The Morgan fingerprint density at radius 3 is 2.55 bits per heavy atom. The number of carboxylic acid groups (broad SMARTS) is 1. The van der Waals surface area contributed by atoms with E-state index in [1.54, 1.807) is 6.07 Å². The van der Waals surface area contributed by atoms with Crippen LogP contribution in [0.15, 0.2) is 42.5 Å². The smallest absolute Gasteiger partial charge is 0.340 e. The minimum atomic E-state index is -1.28. The van der Waals surface area contributed by atoms with Gasteiger partial charge in [-0.05, 0) is 37.1 Å². The predicted molar refractivity (Wildman–Crippen MR) is 76.6 cm³/mol. The molecular weight excluding hydrogens is 257 g/mol. The Morgan fingerprint density at radius 2 is 1.90 bits per heavy atom. The minimum absolute atomic E-state index is 0.115. The van der Waals surface area contributed by atoms with Crippen LogP contribution in [0.1, 0.15) is 34.5 Å². The largest absolute Gasteiger partial charge is 0.478 e. The number of carbonyl (C=O) groups is 1. The van der Waals surface area contributed by atoms with Crippen molar-refractivity contribution < 1.29 is 14.3 Å². The van der Waals surface area contributed by atoms with Crippen LogP contribution in [0.25, 0.3) is 0 Å². The third kappa shape index (κ3) is 2.79. The van der Waals surface area contributed by atoms with Crippen molar-refractivity contribution in [2.75, 3.05) is 5.32 Å². The van der Waals surface area contributed by atoms with Gasteiger partial charge in [0.2, 0.25) is 0 Å². The second kappa shape index (κ2) is 5.74. The molecule has 0 radical (unpaired) electrons. The average molecular weight is 273 g/mol. The first-order valence-electron chi connectivity index (χ1n) is 6.34. The van der Waals surface area contributed by atoms with Gasteiger partial charge in [-0.3, -0.25) is 0 Å². The molecule has 2 rings (SSSR count). The first kappa shape index (κ1) is 14.1. The molecule has 0 aromatic heterocycles. The van der Waals surface area contributed by atoms with Crippen molar-refractivity contribution in [2.24, 2.45) is 0 Å². The molecule has 0 bridgehead atoms. The van der Waals surface area contributed by atoms with E-state index < -0.39 is 11.8 Å². The van der Waals surface area contributed by atoms with Crippen LogP contribution in [0.5, 0.6) is 0 Å². The van der Waals surface area contributed by atoms with Crippen LogP contribution in [-0.4, -0.2) is 11.1 Å². The van der Waals surface area contributed by atoms with Crippen molar-refractivity contribution >= 4 is 11.7 Å². The van der Waals surface area contributed by atoms with Crippen LogP contribution in [-0.2, 0) is 0 Å². The van der Waals surface area contributed by atoms with Gasteiger partial charge < -0.3 is 10.4 Å². The maximum absolute atomic E-state index is 13.6. The molecular formula is C16H16FNO2. The molecule has 0 aliphatic heterocycles. The lowest BCUT2D eigenvalue weighted by Gasteiger charge is -2.19. The predicted octanol–water partition coefficient (Wildman–Crippen LogP) is 4.01. The number of nitrogens with one attached hydrogen (secondary N) is 1. The van der Waals surface area contributed by atoms with Gasteiger partial charge in [-0.25, -0.2) is 9.18 Å². The number of hydrogen-bond donors (Lipinski definition) is 2. The summed E-state index contributed by atoms with van der Waals surface area (Å²) in [5.74, 6) is -2.01. The first-order chi connectivity index (χ1) is 9.50. The Balaban J connectivity index is 2.33. The fourth-order valence-electron chi connectivity index (χ4n) is 2.25. The third-order valence-corrected chi connectivity index (χ3v) is 3.25. The highest BCUT2D eigenvalue weighted by atomic mass is 19.1. The average Bonchev–Trinajstić information content (AvgIpc) is 2.38. The summed E-state index contributed by atoms with van der Waals surface area (Å²) in [6, 6.07) is 11.9. The summed E-state index contributed by atoms with van der Waals surface area (Å²) in [6.07, 6.45) is 0. The van der Waals surface area contributed by atoms with Crippen molar-refractivity contribution in [3.8, 4) is 0 Å². The SMILES string of the molecule is Cc1ccccc1C(C)Nc1cccc(F)c1C(=O)O. The highest BCUT2D eigenvalue weighted by molar-refractivity contribution is 5.94. The van der Waals surface area contributed by atoms with Gasteiger partial charge in [0.05, 0.1) is 5.69 Å². The first-order valence-corrected chi connectivity index (χ1v) is 6.34. The van der Waals surface area contributed by atoms with Gasteiger partial charge in [0.25, 0.3) is 0 Å². The molecule has 0 amide bonds. The molecule has 2 aromatic carbocycles. The monoisotopic (exact) mass is 273 g/mol. The Bertz CT molecular complexity index is 640. The number of anilines is 1. The van der Waals surface area contributed by atoms with Gasteiger partial charge in [0.15, 0.2) is 0 Å². The van der Waals surface area contributed by atoms with Crippen molar-refractivity contribution in [3.05, 3.63) is 65.0 Å². The van der Waals surface area contributed by atoms with Crippen LogP contribution in [0, 0.1) is 12.7 Å². The van der Waals surface area contributed by atoms with E-state index in [0.717, 1.165) is 17.2 Å². The van der Waals surface area contributed by atoms with Crippen LogP contribution in [0.2, 0.25) is 0 Å². The lowest BCUT2D eigenvalue weighted by Crippen LogP contribution is -2.13. The highest BCUT2D eigenvalue weighted by Crippen LogP contribution is 2.25. The summed E-state index contributed by atoms with van der Waals surface area (Å²) in [6.45, 7) is 3.90. The van der Waals surface area contributed by atoms with Gasteiger partial charge in [-0.2, -0.15) is 0 Å². The fraction of sp³-hybridized carbons (Fsp3) is 0.188. The summed E-state index contributed by atoms with van der Waals surface area (Å²) in [5.41, 5.74) is 2.11. The number of aryl methyl sites for hydroxylation is 1. The molecule has 1 unspecified atom stereocenters. The number of halogens is 1. The molecule has 0 spiro atoms. The molecule has 0 heterocycles. The van der Waals surface area contributed by atoms with Gasteiger partial charge in [-0.1, -0.05) is 30.3 Å². The lowest BCUT2D eigenvalue weighted by molar-refractivity contribution is 0.0693. The van der Waals surface area contributed by atoms with E-state index in [1.165, 1.54) is 6.07 Å². The Kier molecular flexibility index (Phi) is 4.03. The van der Waals surface area contributed by atoms with E-state index in [9.17, 15) is 9.18 Å². The van der Waals surface area contributed by atoms with E-state index in [2.05, 4.69) is 5.32 Å². The molecule has 0 aliphatic rings. The number of hydrogen-bond acceptors (Lipinski definition) is 2. The molecule has 20 heavy (non-hydrogen) atoms. The summed E-state index contributed by atoms with van der Waals surface area (Å²) >= 11 is 0. The Hall–Kier alpha value is -2.36. The molecule has 104 valence electrons. The standard InChI is InChI=1S/C16H16FNO2/c1-10-6-3-4-7-12(10)11(2)18-14-9-5-8-13(17)15(14)16(19)20/h3-9,11,18H,1-2H3,(H,19,20). The van der Waals surface area contributed by atoms with Crippen LogP contribution in [0.3, 0.4) is 0 Å². The van der Waals surface area contributed by atoms with Gasteiger partial charge >= 0.3 is 5.97 Å². The van der Waals surface area contributed by atoms with E-state index in [-0.39, 0.29) is 17.3 Å². The number of rotatable bonds is 4. The minimum Gasteiger partial charge on any atom is -0.478 e. The topological polar surface area (TPSA) is 49.3 Å². The summed E-state index contributed by atoms with van der Waals surface area (Å²) in [5, 5.41) is 12.2. The Labute approximate surface area is 117 Å². The number of aromatic carboxylic acids is 1. The zero-order chi connectivity index (χ0) is 14.7. The quantitative estimate of drug-likeness (QED) is 0.885. The maximum Gasteiger partial charge on any atom is 0.340 e. The molecule has 0 fully saturated rings. The van der Waals surface area contributed by atoms with Crippen molar-refractivity contribution in [1.29, 1.82) is 0 Å². The van der Waals surface area contributed by atoms with Gasteiger partial charge in [-0.15, -0.1) is 0 Å². The molecule has 0 aliphatic carbocycles. The van der Waals surface area contributed by atoms with Crippen LogP contribution < -0.4 is 5.32 Å². The van der Waals surface area contributed by atoms with Gasteiger partial charge in [0, 0.05) is 6.04 Å². The fourth-order valence-corrected chi connectivity index (χ4v) is 2.25. The van der Waals surface area contributed by atoms with Crippen LogP contribution >= 0.6 is 0 Å². The zero-order valence-corrected chi connectivity index (χ0v) is 11.4. The van der Waals surface area contributed by atoms with E-state index in [4.69, 9.17) is 5.11 Å². The second-order valence-corrected chi connectivity index (χ2v) is 4.69. The van der Waals surface area contributed by atoms with Gasteiger partial charge in [0.1, 0.15) is 11.4 Å². The number of benzene rings is 2. The van der Waals surface area contributed by atoms with E-state index in [0.29, 0.717) is 0 Å². The summed E-state index contributed by atoms with van der Waals surface area (Å²) in [4.78, 5) is 11.1. The van der Waals surface area contributed by atoms with E-state index >= 15 is 0 Å².